The van der Waals surface area contributed by atoms with Crippen molar-refractivity contribution >= 4 is 17.8 Å². The predicted octanol–water partition coefficient (Wildman–Crippen LogP) is 1.50. The molecule has 0 spiro atoms. The van der Waals surface area contributed by atoms with Crippen LogP contribution in [0.4, 0.5) is 4.79 Å². The van der Waals surface area contributed by atoms with E-state index in [1.165, 1.54) is 12.0 Å². The molecule has 1 heterocycles. The Hall–Kier alpha value is -2.37. The van der Waals surface area contributed by atoms with Crippen LogP contribution < -0.4 is 16.0 Å². The molecule has 0 bridgehead atoms. The van der Waals surface area contributed by atoms with Crippen LogP contribution in [0.2, 0.25) is 0 Å². The molecule has 2 fully saturated rings. The smallest absolute Gasteiger partial charge is 0.322 e. The zero-order valence-electron chi connectivity index (χ0n) is 13.6. The molecule has 1 saturated carbocycles. The van der Waals surface area contributed by atoms with Crippen molar-refractivity contribution in [2.24, 2.45) is 5.92 Å². The summed E-state index contributed by atoms with van der Waals surface area (Å²) in [5.41, 5.74) is 1.28. The number of nitrogens with one attached hydrogen (secondary N) is 3. The van der Waals surface area contributed by atoms with Gasteiger partial charge in [-0.25, -0.2) is 4.79 Å². The summed E-state index contributed by atoms with van der Waals surface area (Å²) in [6.45, 7) is 0. The maximum atomic E-state index is 12.3. The second-order valence-electron chi connectivity index (χ2n) is 6.63. The van der Waals surface area contributed by atoms with Gasteiger partial charge in [-0.3, -0.25) is 14.9 Å². The number of rotatable bonds is 5. The van der Waals surface area contributed by atoms with Gasteiger partial charge in [0, 0.05) is 6.04 Å². The molecule has 1 aliphatic heterocycles. The predicted molar refractivity (Wildman–Crippen MR) is 89.1 cm³/mol. The van der Waals surface area contributed by atoms with Gasteiger partial charge in [-0.15, -0.1) is 0 Å². The molecule has 128 valence electrons. The van der Waals surface area contributed by atoms with E-state index in [1.807, 2.05) is 18.2 Å². The van der Waals surface area contributed by atoms with Crippen LogP contribution in [-0.2, 0) is 16.0 Å². The molecule has 0 aromatic heterocycles. The van der Waals surface area contributed by atoms with Gasteiger partial charge in [-0.2, -0.15) is 0 Å². The van der Waals surface area contributed by atoms with Crippen molar-refractivity contribution in [3.05, 3.63) is 35.9 Å². The third kappa shape index (κ3) is 4.13. The third-order valence-corrected chi connectivity index (χ3v) is 4.84. The number of carbonyl (C=O) groups excluding carboxylic acids is 3. The van der Waals surface area contributed by atoms with Crippen LogP contribution in [0.1, 0.15) is 37.7 Å². The van der Waals surface area contributed by atoms with Crippen molar-refractivity contribution in [1.29, 1.82) is 0 Å². The van der Waals surface area contributed by atoms with E-state index in [1.54, 1.807) is 0 Å². The van der Waals surface area contributed by atoms with Crippen LogP contribution >= 0.6 is 0 Å². The highest BCUT2D eigenvalue weighted by Crippen LogP contribution is 2.27. The van der Waals surface area contributed by atoms with Crippen molar-refractivity contribution in [3.8, 4) is 0 Å². The lowest BCUT2D eigenvalue weighted by Gasteiger charge is -2.32. The molecule has 1 aliphatic carbocycles. The molecule has 24 heavy (non-hydrogen) atoms. The fourth-order valence-electron chi connectivity index (χ4n) is 3.61. The molecule has 6 heteroatoms. The SMILES string of the molecule is O=C(C[C@@H]1NC(=O)NC1=O)N[C@H]1CCCC[C@H]1Cc1ccccc1. The Balaban J connectivity index is 1.56. The lowest BCUT2D eigenvalue weighted by Crippen LogP contribution is -2.45. The molecular formula is C18H23N3O3. The molecule has 1 aromatic carbocycles. The molecule has 0 unspecified atom stereocenters. The summed E-state index contributed by atoms with van der Waals surface area (Å²) >= 11 is 0. The summed E-state index contributed by atoms with van der Waals surface area (Å²) in [5, 5.41) is 7.69. The van der Waals surface area contributed by atoms with Crippen LogP contribution in [0.25, 0.3) is 0 Å². The van der Waals surface area contributed by atoms with E-state index >= 15 is 0 Å². The highest BCUT2D eigenvalue weighted by Gasteiger charge is 2.33. The van der Waals surface area contributed by atoms with Crippen LogP contribution in [0.3, 0.4) is 0 Å². The Morgan fingerprint density at radius 2 is 1.88 bits per heavy atom. The molecule has 2 aliphatic rings. The number of amides is 4. The van der Waals surface area contributed by atoms with Gasteiger partial charge in [0.05, 0.1) is 6.42 Å². The number of hydrogen-bond donors (Lipinski definition) is 3. The van der Waals surface area contributed by atoms with E-state index in [2.05, 4.69) is 28.1 Å². The normalized spacial score (nSPS) is 26.6. The van der Waals surface area contributed by atoms with Crippen molar-refractivity contribution in [2.75, 3.05) is 0 Å². The number of benzene rings is 1. The minimum atomic E-state index is -0.756. The average molecular weight is 329 g/mol. The van der Waals surface area contributed by atoms with Gasteiger partial charge in [0.25, 0.3) is 5.91 Å². The Morgan fingerprint density at radius 3 is 2.58 bits per heavy atom. The monoisotopic (exact) mass is 329 g/mol. The molecule has 3 rings (SSSR count). The lowest BCUT2D eigenvalue weighted by atomic mass is 9.80. The fraction of sp³-hybridized carbons (Fsp3) is 0.500. The van der Waals surface area contributed by atoms with Gasteiger partial charge in [0.1, 0.15) is 6.04 Å². The average Bonchev–Trinajstić information content (AvgIpc) is 2.87. The first-order valence-corrected chi connectivity index (χ1v) is 8.56. The van der Waals surface area contributed by atoms with Gasteiger partial charge in [-0.05, 0) is 30.7 Å². The molecular weight excluding hydrogens is 306 g/mol. The second kappa shape index (κ2) is 7.47. The third-order valence-electron chi connectivity index (χ3n) is 4.84. The van der Waals surface area contributed by atoms with Crippen molar-refractivity contribution in [3.63, 3.8) is 0 Å². The van der Waals surface area contributed by atoms with E-state index < -0.39 is 18.0 Å². The number of imide groups is 1. The van der Waals surface area contributed by atoms with E-state index in [4.69, 9.17) is 0 Å². The first-order chi connectivity index (χ1) is 11.6. The van der Waals surface area contributed by atoms with Gasteiger partial charge < -0.3 is 10.6 Å². The zero-order chi connectivity index (χ0) is 16.9. The van der Waals surface area contributed by atoms with Gasteiger partial charge >= 0.3 is 6.03 Å². The van der Waals surface area contributed by atoms with E-state index in [-0.39, 0.29) is 18.4 Å². The first kappa shape index (κ1) is 16.5. The van der Waals surface area contributed by atoms with Crippen molar-refractivity contribution in [1.82, 2.24) is 16.0 Å². The van der Waals surface area contributed by atoms with Crippen molar-refractivity contribution in [2.45, 2.75) is 50.6 Å². The summed E-state index contributed by atoms with van der Waals surface area (Å²) in [7, 11) is 0. The maximum Gasteiger partial charge on any atom is 0.322 e. The summed E-state index contributed by atoms with van der Waals surface area (Å²) in [6, 6.07) is 9.15. The Bertz CT molecular complexity index is 617. The number of hydrogen-bond acceptors (Lipinski definition) is 3. The summed E-state index contributed by atoms with van der Waals surface area (Å²) in [5.74, 6) is -0.195. The van der Waals surface area contributed by atoms with Gasteiger partial charge in [-0.1, -0.05) is 43.2 Å². The standard InChI is InChI=1S/C18H23N3O3/c22-16(11-15-17(23)21-18(24)20-15)19-14-9-5-4-8-13(14)10-12-6-2-1-3-7-12/h1-3,6-7,13-15H,4-5,8-11H2,(H,19,22)(H2,20,21,23,24)/t13-,14-,15-/m0/s1. The second-order valence-corrected chi connectivity index (χ2v) is 6.63. The number of carbonyl (C=O) groups is 3. The molecule has 4 amide bonds. The largest absolute Gasteiger partial charge is 0.353 e. The Kier molecular flexibility index (Phi) is 5.13. The van der Waals surface area contributed by atoms with E-state index in [0.29, 0.717) is 5.92 Å². The fourth-order valence-corrected chi connectivity index (χ4v) is 3.61. The molecule has 3 atom stereocenters. The molecule has 6 nitrogen and oxygen atoms in total. The quantitative estimate of drug-likeness (QED) is 0.716. The minimum Gasteiger partial charge on any atom is -0.353 e. The first-order valence-electron chi connectivity index (χ1n) is 8.56. The molecule has 0 radical (unpaired) electrons. The topological polar surface area (TPSA) is 87.3 Å². The van der Waals surface area contributed by atoms with Crippen LogP contribution in [0, 0.1) is 5.92 Å². The highest BCUT2D eigenvalue weighted by molar-refractivity contribution is 6.05. The molecule has 3 N–H and O–H groups in total. The maximum absolute atomic E-state index is 12.3. The van der Waals surface area contributed by atoms with E-state index in [9.17, 15) is 14.4 Å². The van der Waals surface area contributed by atoms with Crippen molar-refractivity contribution < 1.29 is 14.4 Å². The zero-order valence-corrected chi connectivity index (χ0v) is 13.6. The summed E-state index contributed by atoms with van der Waals surface area (Å²) in [4.78, 5) is 34.9. The minimum absolute atomic E-state index is 0.00781. The highest BCUT2D eigenvalue weighted by atomic mass is 16.2. The van der Waals surface area contributed by atoms with Gasteiger partial charge in [0.2, 0.25) is 5.91 Å². The van der Waals surface area contributed by atoms with Crippen LogP contribution in [-0.4, -0.2) is 29.9 Å². The molecule has 1 saturated heterocycles. The lowest BCUT2D eigenvalue weighted by molar-refractivity contribution is -0.127. The number of urea groups is 1. The van der Waals surface area contributed by atoms with E-state index in [0.717, 1.165) is 25.7 Å². The summed E-state index contributed by atoms with van der Waals surface area (Å²) in [6.07, 6.45) is 5.30. The Morgan fingerprint density at radius 1 is 1.12 bits per heavy atom. The van der Waals surface area contributed by atoms with Crippen LogP contribution in [0.15, 0.2) is 30.3 Å². The molecule has 1 aromatic rings. The summed E-state index contributed by atoms with van der Waals surface area (Å²) < 4.78 is 0. The van der Waals surface area contributed by atoms with Crippen LogP contribution in [0.5, 0.6) is 0 Å². The van der Waals surface area contributed by atoms with Gasteiger partial charge in [0.15, 0.2) is 0 Å². The Labute approximate surface area is 141 Å².